The zero-order valence-corrected chi connectivity index (χ0v) is 14.9. The predicted octanol–water partition coefficient (Wildman–Crippen LogP) is 1.90. The highest BCUT2D eigenvalue weighted by Gasteiger charge is 2.14. The van der Waals surface area contributed by atoms with Crippen molar-refractivity contribution in [1.82, 2.24) is 15.1 Å². The van der Waals surface area contributed by atoms with Crippen LogP contribution in [0.5, 0.6) is 0 Å². The Morgan fingerprint density at radius 2 is 1.85 bits per heavy atom. The lowest BCUT2D eigenvalue weighted by Gasteiger charge is -2.14. The Bertz CT molecular complexity index is 811. The second kappa shape index (κ2) is 8.28. The maximum absolute atomic E-state index is 12.2. The lowest BCUT2D eigenvalue weighted by atomic mass is 10.1. The molecule has 2 rings (SSSR count). The van der Waals surface area contributed by atoms with Gasteiger partial charge in [0, 0.05) is 23.4 Å². The summed E-state index contributed by atoms with van der Waals surface area (Å²) in [6, 6.07) is 8.13. The Morgan fingerprint density at radius 3 is 2.38 bits per heavy atom. The summed E-state index contributed by atoms with van der Waals surface area (Å²) in [5.74, 6) is -1.75. The largest absolute Gasteiger partial charge is 0.480 e. The van der Waals surface area contributed by atoms with Crippen LogP contribution in [0.4, 0.5) is 5.69 Å². The number of nitrogens with zero attached hydrogens (tertiary/aromatic N) is 2. The van der Waals surface area contributed by atoms with Gasteiger partial charge in [0.1, 0.15) is 6.54 Å². The molecule has 2 aromatic rings. The summed E-state index contributed by atoms with van der Waals surface area (Å²) in [6.45, 7) is 5.34. The van der Waals surface area contributed by atoms with Crippen molar-refractivity contribution in [3.63, 3.8) is 0 Å². The highest BCUT2D eigenvalue weighted by atomic mass is 16.4. The molecule has 138 valence electrons. The first kappa shape index (κ1) is 19.2. The van der Waals surface area contributed by atoms with Crippen LogP contribution in [0.25, 0.3) is 0 Å². The van der Waals surface area contributed by atoms with Gasteiger partial charge in [0.05, 0.1) is 11.7 Å². The second-order valence-electron chi connectivity index (χ2n) is 6.13. The van der Waals surface area contributed by atoms with Gasteiger partial charge in [-0.15, -0.1) is 0 Å². The van der Waals surface area contributed by atoms with Gasteiger partial charge in [0.15, 0.2) is 0 Å². The molecule has 0 saturated heterocycles. The topological polar surface area (TPSA) is 113 Å². The zero-order valence-electron chi connectivity index (χ0n) is 14.9. The Balaban J connectivity index is 1.91. The predicted molar refractivity (Wildman–Crippen MR) is 96.1 cm³/mol. The summed E-state index contributed by atoms with van der Waals surface area (Å²) in [7, 11) is 0. The third-order valence-corrected chi connectivity index (χ3v) is 3.77. The number of carboxylic acid groups (broad SMARTS) is 1. The number of carbonyl (C=O) groups excluding carboxylic acids is 2. The van der Waals surface area contributed by atoms with Gasteiger partial charge < -0.3 is 15.7 Å². The number of amides is 2. The van der Waals surface area contributed by atoms with Crippen LogP contribution < -0.4 is 10.6 Å². The van der Waals surface area contributed by atoms with E-state index in [0.717, 1.165) is 11.4 Å². The number of hydrogen-bond acceptors (Lipinski definition) is 4. The molecule has 1 aromatic carbocycles. The van der Waals surface area contributed by atoms with E-state index in [0.29, 0.717) is 11.3 Å². The maximum atomic E-state index is 12.2. The Hall–Kier alpha value is -3.16. The van der Waals surface area contributed by atoms with E-state index in [9.17, 15) is 14.4 Å². The number of rotatable bonds is 7. The number of nitrogens with one attached hydrogen (secondary N) is 2. The molecule has 0 fully saturated rings. The first-order valence-electron chi connectivity index (χ1n) is 8.19. The molecule has 0 spiro atoms. The fourth-order valence-electron chi connectivity index (χ4n) is 2.62. The monoisotopic (exact) mass is 358 g/mol. The molecule has 1 unspecified atom stereocenters. The molecular formula is C18H22N4O4. The SMILES string of the molecule is Cc1cc(C)n(C(C)CC(=O)Nc2ccc(C(=O)NCC(=O)O)cc2)n1. The first-order valence-corrected chi connectivity index (χ1v) is 8.19. The van der Waals surface area contributed by atoms with Crippen molar-refractivity contribution in [2.24, 2.45) is 0 Å². The summed E-state index contributed by atoms with van der Waals surface area (Å²) in [5, 5.41) is 18.0. The van der Waals surface area contributed by atoms with Gasteiger partial charge in [-0.2, -0.15) is 5.10 Å². The van der Waals surface area contributed by atoms with Crippen LogP contribution in [0.2, 0.25) is 0 Å². The van der Waals surface area contributed by atoms with Crippen molar-refractivity contribution in [1.29, 1.82) is 0 Å². The summed E-state index contributed by atoms with van der Waals surface area (Å²) >= 11 is 0. The molecule has 1 aromatic heterocycles. The third-order valence-electron chi connectivity index (χ3n) is 3.77. The Morgan fingerprint density at radius 1 is 1.19 bits per heavy atom. The number of carboxylic acids is 1. The van der Waals surface area contributed by atoms with Crippen molar-refractivity contribution in [3.05, 3.63) is 47.3 Å². The quantitative estimate of drug-likeness (QED) is 0.700. The number of benzene rings is 1. The summed E-state index contributed by atoms with van der Waals surface area (Å²) in [6.07, 6.45) is 0.267. The van der Waals surface area contributed by atoms with Crippen molar-refractivity contribution in [2.75, 3.05) is 11.9 Å². The van der Waals surface area contributed by atoms with Crippen molar-refractivity contribution in [3.8, 4) is 0 Å². The van der Waals surface area contributed by atoms with E-state index in [1.165, 1.54) is 12.1 Å². The van der Waals surface area contributed by atoms with Crippen LogP contribution in [0.1, 0.15) is 41.1 Å². The molecule has 0 radical (unpaired) electrons. The van der Waals surface area contributed by atoms with Crippen LogP contribution >= 0.6 is 0 Å². The van der Waals surface area contributed by atoms with Gasteiger partial charge in [-0.25, -0.2) is 0 Å². The standard InChI is InChI=1S/C18H22N4O4/c1-11-8-12(2)22(21-11)13(3)9-16(23)20-15-6-4-14(5-7-15)18(26)19-10-17(24)25/h4-8,13H,9-10H2,1-3H3,(H,19,26)(H,20,23)(H,24,25). The molecule has 26 heavy (non-hydrogen) atoms. The van der Waals surface area contributed by atoms with Crippen molar-refractivity contribution >= 4 is 23.5 Å². The van der Waals surface area contributed by atoms with E-state index in [4.69, 9.17) is 5.11 Å². The summed E-state index contributed by atoms with van der Waals surface area (Å²) in [4.78, 5) is 34.4. The van der Waals surface area contributed by atoms with Crippen molar-refractivity contribution < 1.29 is 19.5 Å². The minimum absolute atomic E-state index is 0.0789. The second-order valence-corrected chi connectivity index (χ2v) is 6.13. The van der Waals surface area contributed by atoms with Crippen LogP contribution in [0, 0.1) is 13.8 Å². The number of carbonyl (C=O) groups is 3. The molecule has 0 aliphatic rings. The number of anilines is 1. The highest BCUT2D eigenvalue weighted by Crippen LogP contribution is 2.16. The number of aromatic nitrogens is 2. The molecule has 0 aliphatic heterocycles. The lowest BCUT2D eigenvalue weighted by molar-refractivity contribution is -0.135. The minimum Gasteiger partial charge on any atom is -0.480 e. The number of hydrogen-bond donors (Lipinski definition) is 3. The van der Waals surface area contributed by atoms with Gasteiger partial charge in [0.25, 0.3) is 5.91 Å². The molecule has 1 heterocycles. The molecule has 1 atom stereocenters. The summed E-state index contributed by atoms with van der Waals surface area (Å²) < 4.78 is 1.82. The molecule has 8 heteroatoms. The molecule has 0 bridgehead atoms. The number of aryl methyl sites for hydroxylation is 2. The van der Waals surface area contributed by atoms with Crippen LogP contribution in [0.3, 0.4) is 0 Å². The lowest BCUT2D eigenvalue weighted by Crippen LogP contribution is -2.29. The van der Waals surface area contributed by atoms with E-state index in [1.54, 1.807) is 12.1 Å². The van der Waals surface area contributed by atoms with Gasteiger partial charge >= 0.3 is 5.97 Å². The minimum atomic E-state index is -1.11. The smallest absolute Gasteiger partial charge is 0.322 e. The van der Waals surface area contributed by atoms with E-state index in [2.05, 4.69) is 15.7 Å². The third kappa shape index (κ3) is 5.17. The average molecular weight is 358 g/mol. The maximum Gasteiger partial charge on any atom is 0.322 e. The highest BCUT2D eigenvalue weighted by molar-refractivity contribution is 5.97. The van der Waals surface area contributed by atoms with E-state index in [1.807, 2.05) is 31.5 Å². The first-order chi connectivity index (χ1) is 12.3. The van der Waals surface area contributed by atoms with Gasteiger partial charge in [-0.1, -0.05) is 0 Å². The zero-order chi connectivity index (χ0) is 19.3. The summed E-state index contributed by atoms with van der Waals surface area (Å²) in [5.41, 5.74) is 2.79. The normalized spacial score (nSPS) is 11.7. The van der Waals surface area contributed by atoms with E-state index in [-0.39, 0.29) is 18.4 Å². The molecule has 0 saturated carbocycles. The number of aliphatic carboxylic acids is 1. The van der Waals surface area contributed by atoms with Gasteiger partial charge in [-0.3, -0.25) is 19.1 Å². The molecular weight excluding hydrogens is 336 g/mol. The van der Waals surface area contributed by atoms with Crippen LogP contribution in [0.15, 0.2) is 30.3 Å². The fraction of sp³-hybridized carbons (Fsp3) is 0.333. The van der Waals surface area contributed by atoms with Crippen molar-refractivity contribution in [2.45, 2.75) is 33.2 Å². The Kier molecular flexibility index (Phi) is 6.11. The van der Waals surface area contributed by atoms with Crippen LogP contribution in [-0.4, -0.2) is 39.2 Å². The van der Waals surface area contributed by atoms with E-state index >= 15 is 0 Å². The van der Waals surface area contributed by atoms with Gasteiger partial charge in [-0.05, 0) is 51.1 Å². The molecule has 0 aliphatic carbocycles. The van der Waals surface area contributed by atoms with Gasteiger partial charge in [0.2, 0.25) is 5.91 Å². The molecule has 8 nitrogen and oxygen atoms in total. The van der Waals surface area contributed by atoms with E-state index < -0.39 is 18.4 Å². The Labute approximate surface area is 151 Å². The van der Waals surface area contributed by atoms with Crippen LogP contribution in [-0.2, 0) is 9.59 Å². The fourth-order valence-corrected chi connectivity index (χ4v) is 2.62. The molecule has 3 N–H and O–H groups in total. The average Bonchev–Trinajstić information content (AvgIpc) is 2.91. The molecule has 2 amide bonds.